The van der Waals surface area contributed by atoms with Gasteiger partial charge in [-0.2, -0.15) is 0 Å². The maximum atomic E-state index is 3.78. The van der Waals surface area contributed by atoms with Crippen LogP contribution in [0.15, 0.2) is 42.5 Å². The highest BCUT2D eigenvalue weighted by Gasteiger charge is 2.36. The van der Waals surface area contributed by atoms with Gasteiger partial charge in [-0.15, -0.1) is 0 Å². The molecule has 0 amide bonds. The quantitative estimate of drug-likeness (QED) is 0.728. The van der Waals surface area contributed by atoms with Gasteiger partial charge in [0.2, 0.25) is 0 Å². The fourth-order valence-electron chi connectivity index (χ4n) is 3.75. The van der Waals surface area contributed by atoms with Gasteiger partial charge in [-0.3, -0.25) is 0 Å². The summed E-state index contributed by atoms with van der Waals surface area (Å²) in [5, 5.41) is 3.78. The van der Waals surface area contributed by atoms with Crippen LogP contribution in [0.2, 0.25) is 0 Å². The summed E-state index contributed by atoms with van der Waals surface area (Å²) in [7, 11) is 0. The van der Waals surface area contributed by atoms with Crippen molar-refractivity contribution in [3.05, 3.63) is 59.2 Å². The van der Waals surface area contributed by atoms with Crippen LogP contribution in [0.1, 0.15) is 49.4 Å². The average Bonchev–Trinajstić information content (AvgIpc) is 3.16. The Morgan fingerprint density at radius 3 is 2.71 bits per heavy atom. The van der Waals surface area contributed by atoms with Gasteiger partial charge in [0.05, 0.1) is 0 Å². The van der Waals surface area contributed by atoms with Gasteiger partial charge in [-0.1, -0.05) is 55.8 Å². The van der Waals surface area contributed by atoms with E-state index in [4.69, 9.17) is 0 Å². The zero-order valence-corrected chi connectivity index (χ0v) is 12.9. The molecular weight excluding hydrogens is 254 g/mol. The molecule has 2 aliphatic rings. The maximum Gasteiger partial charge on any atom is 0.0294 e. The first-order valence-electron chi connectivity index (χ1n) is 8.23. The lowest BCUT2D eigenvalue weighted by atomic mass is 10.00. The molecule has 1 N–H and O–H groups in total. The second-order valence-corrected chi connectivity index (χ2v) is 6.65. The Labute approximate surface area is 127 Å². The largest absolute Gasteiger partial charge is 0.307 e. The minimum absolute atomic E-state index is 0.459. The smallest absolute Gasteiger partial charge is 0.0294 e. The molecule has 4 rings (SSSR count). The molecule has 2 aliphatic carbocycles. The van der Waals surface area contributed by atoms with E-state index < -0.39 is 0 Å². The molecule has 0 bridgehead atoms. The highest BCUT2D eigenvalue weighted by atomic mass is 15.0. The van der Waals surface area contributed by atoms with E-state index in [1.807, 2.05) is 0 Å². The summed E-state index contributed by atoms with van der Waals surface area (Å²) in [6.45, 7) is 4.60. The molecule has 0 heterocycles. The third-order valence-corrected chi connectivity index (χ3v) is 5.23. The molecule has 1 heteroatoms. The molecule has 2 aromatic carbocycles. The van der Waals surface area contributed by atoms with Gasteiger partial charge in [0, 0.05) is 12.1 Å². The SMILES string of the molecule is CCC1CC1NC(C)c1ccc2c(c1)Cc1ccccc1-2. The van der Waals surface area contributed by atoms with Crippen molar-refractivity contribution in [2.75, 3.05) is 0 Å². The highest BCUT2D eigenvalue weighted by Crippen LogP contribution is 2.39. The third-order valence-electron chi connectivity index (χ3n) is 5.23. The zero-order valence-electron chi connectivity index (χ0n) is 12.9. The molecule has 108 valence electrons. The molecule has 1 fully saturated rings. The van der Waals surface area contributed by atoms with E-state index >= 15 is 0 Å². The van der Waals surface area contributed by atoms with Gasteiger partial charge in [-0.05, 0) is 53.5 Å². The summed E-state index contributed by atoms with van der Waals surface area (Å²) in [6, 6.07) is 17.0. The Bertz CT molecular complexity index is 673. The van der Waals surface area contributed by atoms with Crippen LogP contribution in [0.25, 0.3) is 11.1 Å². The van der Waals surface area contributed by atoms with E-state index in [2.05, 4.69) is 61.6 Å². The van der Waals surface area contributed by atoms with E-state index in [0.717, 1.165) is 18.4 Å². The van der Waals surface area contributed by atoms with Gasteiger partial charge < -0.3 is 5.32 Å². The van der Waals surface area contributed by atoms with E-state index in [0.29, 0.717) is 6.04 Å². The van der Waals surface area contributed by atoms with Crippen molar-refractivity contribution in [1.82, 2.24) is 5.32 Å². The van der Waals surface area contributed by atoms with Gasteiger partial charge in [0.15, 0.2) is 0 Å². The predicted molar refractivity (Wildman–Crippen MR) is 88.4 cm³/mol. The molecule has 0 spiro atoms. The van der Waals surface area contributed by atoms with Crippen LogP contribution < -0.4 is 5.32 Å². The number of fused-ring (bicyclic) bond motifs is 3. The maximum absolute atomic E-state index is 3.78. The van der Waals surface area contributed by atoms with Crippen LogP contribution >= 0.6 is 0 Å². The number of rotatable bonds is 4. The van der Waals surface area contributed by atoms with Crippen LogP contribution in [0.3, 0.4) is 0 Å². The van der Waals surface area contributed by atoms with Crippen LogP contribution in [0, 0.1) is 5.92 Å². The van der Waals surface area contributed by atoms with Crippen LogP contribution in [-0.4, -0.2) is 6.04 Å². The normalized spacial score (nSPS) is 23.5. The lowest BCUT2D eigenvalue weighted by Gasteiger charge is -2.15. The summed E-state index contributed by atoms with van der Waals surface area (Å²) in [4.78, 5) is 0. The van der Waals surface area contributed by atoms with Crippen molar-refractivity contribution in [3.63, 3.8) is 0 Å². The molecular formula is C20H23N. The van der Waals surface area contributed by atoms with Crippen molar-refractivity contribution in [2.24, 2.45) is 5.92 Å². The van der Waals surface area contributed by atoms with Gasteiger partial charge in [-0.25, -0.2) is 0 Å². The number of nitrogens with one attached hydrogen (secondary N) is 1. The molecule has 1 saturated carbocycles. The van der Waals surface area contributed by atoms with Crippen LogP contribution in [0.4, 0.5) is 0 Å². The highest BCUT2D eigenvalue weighted by molar-refractivity contribution is 5.76. The lowest BCUT2D eigenvalue weighted by molar-refractivity contribution is 0.539. The zero-order chi connectivity index (χ0) is 14.4. The van der Waals surface area contributed by atoms with Crippen molar-refractivity contribution in [2.45, 2.75) is 45.2 Å². The topological polar surface area (TPSA) is 12.0 Å². The van der Waals surface area contributed by atoms with E-state index in [-0.39, 0.29) is 0 Å². The Morgan fingerprint density at radius 2 is 1.90 bits per heavy atom. The minimum atomic E-state index is 0.459. The van der Waals surface area contributed by atoms with Crippen molar-refractivity contribution < 1.29 is 0 Å². The second-order valence-electron chi connectivity index (χ2n) is 6.65. The summed E-state index contributed by atoms with van der Waals surface area (Å²) < 4.78 is 0. The first kappa shape index (κ1) is 13.1. The third kappa shape index (κ3) is 2.30. The molecule has 21 heavy (non-hydrogen) atoms. The van der Waals surface area contributed by atoms with Crippen molar-refractivity contribution in [3.8, 4) is 11.1 Å². The molecule has 1 nitrogen and oxygen atoms in total. The van der Waals surface area contributed by atoms with Gasteiger partial charge in [0.1, 0.15) is 0 Å². The number of benzene rings is 2. The Hall–Kier alpha value is -1.60. The molecule has 3 atom stereocenters. The molecule has 3 unspecified atom stereocenters. The first-order valence-corrected chi connectivity index (χ1v) is 8.23. The average molecular weight is 277 g/mol. The van der Waals surface area contributed by atoms with Crippen LogP contribution in [0.5, 0.6) is 0 Å². The van der Waals surface area contributed by atoms with E-state index in [1.165, 1.54) is 40.7 Å². The lowest BCUT2D eigenvalue weighted by Crippen LogP contribution is -2.22. The summed E-state index contributed by atoms with van der Waals surface area (Å²) in [5.41, 5.74) is 7.25. The molecule has 0 aliphatic heterocycles. The predicted octanol–water partition coefficient (Wildman–Crippen LogP) is 4.71. The molecule has 0 radical (unpaired) electrons. The summed E-state index contributed by atoms with van der Waals surface area (Å²) in [6.07, 6.45) is 3.76. The van der Waals surface area contributed by atoms with Crippen LogP contribution in [-0.2, 0) is 6.42 Å². The molecule has 2 aromatic rings. The van der Waals surface area contributed by atoms with Gasteiger partial charge in [0.25, 0.3) is 0 Å². The number of hydrogen-bond acceptors (Lipinski definition) is 1. The fraction of sp³-hybridized carbons (Fsp3) is 0.400. The fourth-order valence-corrected chi connectivity index (χ4v) is 3.75. The van der Waals surface area contributed by atoms with E-state index in [9.17, 15) is 0 Å². The summed E-state index contributed by atoms with van der Waals surface area (Å²) >= 11 is 0. The van der Waals surface area contributed by atoms with E-state index in [1.54, 1.807) is 0 Å². The first-order chi connectivity index (χ1) is 10.3. The summed E-state index contributed by atoms with van der Waals surface area (Å²) in [5.74, 6) is 0.908. The monoisotopic (exact) mass is 277 g/mol. The van der Waals surface area contributed by atoms with Gasteiger partial charge >= 0.3 is 0 Å². The Morgan fingerprint density at radius 1 is 1.10 bits per heavy atom. The van der Waals surface area contributed by atoms with Crippen molar-refractivity contribution in [1.29, 1.82) is 0 Å². The number of hydrogen-bond donors (Lipinski definition) is 1. The molecule has 0 aromatic heterocycles. The minimum Gasteiger partial charge on any atom is -0.307 e. The molecule has 0 saturated heterocycles. The standard InChI is InChI=1S/C20H23N/c1-3-14-12-20(14)21-13(2)15-8-9-19-17(10-15)11-16-6-4-5-7-18(16)19/h4-10,13-14,20-21H,3,11-12H2,1-2H3. The Kier molecular flexibility index (Phi) is 3.11. The van der Waals surface area contributed by atoms with Crippen molar-refractivity contribution >= 4 is 0 Å². The second kappa shape index (κ2) is 4.99. The Balaban J connectivity index is 1.56.